The largest absolute Gasteiger partial charge is 0.305 e. The highest BCUT2D eigenvalue weighted by molar-refractivity contribution is 14.1. The summed E-state index contributed by atoms with van der Waals surface area (Å²) in [5, 5.41) is 0. The van der Waals surface area contributed by atoms with Crippen LogP contribution >= 0.6 is 22.6 Å². The number of hydrogen-bond acceptors (Lipinski definition) is 1. The van der Waals surface area contributed by atoms with E-state index in [9.17, 15) is 4.79 Å². The van der Waals surface area contributed by atoms with Crippen molar-refractivity contribution in [3.63, 3.8) is 0 Å². The Morgan fingerprint density at radius 2 is 1.84 bits per heavy atom. The number of hydrogen-bond donors (Lipinski definition) is 0. The van der Waals surface area contributed by atoms with Crippen LogP contribution in [-0.4, -0.2) is 11.9 Å². The highest BCUT2D eigenvalue weighted by atomic mass is 127. The van der Waals surface area contributed by atoms with Gasteiger partial charge >= 0.3 is 0 Å². The molecule has 0 N–H and O–H groups in total. The summed E-state index contributed by atoms with van der Waals surface area (Å²) < 4.78 is 1.14. The number of halogens is 1. The van der Waals surface area contributed by atoms with Gasteiger partial charge in [0.1, 0.15) is 0 Å². The Labute approximate surface area is 126 Å². The summed E-state index contributed by atoms with van der Waals surface area (Å²) in [7, 11) is 0. The third kappa shape index (κ3) is 2.27. The van der Waals surface area contributed by atoms with Crippen LogP contribution in [0, 0.1) is 3.57 Å². The Bertz CT molecular complexity index is 621. The Kier molecular flexibility index (Phi) is 3.31. The van der Waals surface area contributed by atoms with Gasteiger partial charge in [-0.2, -0.15) is 0 Å². The van der Waals surface area contributed by atoms with Crippen molar-refractivity contribution in [2.24, 2.45) is 0 Å². The van der Waals surface area contributed by atoms with Gasteiger partial charge in [0.2, 0.25) is 0 Å². The van der Waals surface area contributed by atoms with Crippen molar-refractivity contribution < 1.29 is 4.79 Å². The van der Waals surface area contributed by atoms with Gasteiger partial charge in [-0.1, -0.05) is 18.2 Å². The van der Waals surface area contributed by atoms with E-state index in [1.807, 2.05) is 47.4 Å². The maximum absolute atomic E-state index is 12.7. The molecule has 0 aromatic heterocycles. The Morgan fingerprint density at radius 3 is 2.58 bits per heavy atom. The summed E-state index contributed by atoms with van der Waals surface area (Å²) >= 11 is 2.25. The molecule has 2 nitrogen and oxygen atoms in total. The van der Waals surface area contributed by atoms with Crippen molar-refractivity contribution in [1.82, 2.24) is 0 Å². The SMILES string of the molecule is CC1Cc2ccccc2N1C(=O)c1ccc(I)cc1. The molecule has 96 valence electrons. The number of benzene rings is 2. The number of nitrogens with zero attached hydrogens (tertiary/aromatic N) is 1. The number of anilines is 1. The molecular formula is C16H14INO. The van der Waals surface area contributed by atoms with Crippen LogP contribution in [0.2, 0.25) is 0 Å². The van der Waals surface area contributed by atoms with E-state index in [0.29, 0.717) is 0 Å². The van der Waals surface area contributed by atoms with Gasteiger partial charge < -0.3 is 4.90 Å². The molecule has 1 aliphatic rings. The molecule has 1 amide bonds. The summed E-state index contributed by atoms with van der Waals surface area (Å²) in [6.07, 6.45) is 0.937. The van der Waals surface area contributed by atoms with Crippen molar-refractivity contribution >= 4 is 34.2 Å². The molecule has 1 aliphatic heterocycles. The van der Waals surface area contributed by atoms with Gasteiger partial charge in [0.25, 0.3) is 5.91 Å². The summed E-state index contributed by atoms with van der Waals surface area (Å²) in [5.74, 6) is 0.0915. The molecule has 0 bridgehead atoms. The second-order valence-electron chi connectivity index (χ2n) is 4.86. The number of amides is 1. The van der Waals surface area contributed by atoms with Crippen LogP contribution in [0.3, 0.4) is 0 Å². The molecule has 3 rings (SSSR count). The van der Waals surface area contributed by atoms with Crippen molar-refractivity contribution in [2.75, 3.05) is 4.90 Å². The first-order chi connectivity index (χ1) is 9.16. The van der Waals surface area contributed by atoms with Crippen LogP contribution in [0.15, 0.2) is 48.5 Å². The molecule has 0 aliphatic carbocycles. The minimum Gasteiger partial charge on any atom is -0.305 e. The van der Waals surface area contributed by atoms with Gasteiger partial charge in [-0.05, 0) is 71.8 Å². The average molecular weight is 363 g/mol. The molecule has 2 aromatic carbocycles. The van der Waals surface area contributed by atoms with Gasteiger partial charge in [-0.25, -0.2) is 0 Å². The molecule has 2 aromatic rings. The van der Waals surface area contributed by atoms with Gasteiger partial charge in [-0.15, -0.1) is 0 Å². The maximum atomic E-state index is 12.7. The Morgan fingerprint density at radius 1 is 1.16 bits per heavy atom. The highest BCUT2D eigenvalue weighted by Crippen LogP contribution is 2.33. The molecule has 0 spiro atoms. The summed E-state index contributed by atoms with van der Waals surface area (Å²) in [6.45, 7) is 2.10. The minimum absolute atomic E-state index is 0.0915. The third-order valence-electron chi connectivity index (χ3n) is 3.52. The van der Waals surface area contributed by atoms with Crippen molar-refractivity contribution in [3.8, 4) is 0 Å². The second kappa shape index (κ2) is 4.96. The fourth-order valence-electron chi connectivity index (χ4n) is 2.61. The van der Waals surface area contributed by atoms with Gasteiger partial charge in [0, 0.05) is 20.9 Å². The Hall–Kier alpha value is -1.36. The van der Waals surface area contributed by atoms with Crippen LogP contribution < -0.4 is 4.90 Å². The molecule has 0 fully saturated rings. The first-order valence-electron chi connectivity index (χ1n) is 6.34. The lowest BCUT2D eigenvalue weighted by Gasteiger charge is -2.22. The lowest BCUT2D eigenvalue weighted by atomic mass is 10.1. The number of para-hydroxylation sites is 1. The van der Waals surface area contributed by atoms with Crippen LogP contribution in [0.5, 0.6) is 0 Å². The van der Waals surface area contributed by atoms with E-state index in [4.69, 9.17) is 0 Å². The van der Waals surface area contributed by atoms with E-state index in [1.165, 1.54) is 5.56 Å². The molecule has 1 atom stereocenters. The zero-order chi connectivity index (χ0) is 13.4. The number of rotatable bonds is 1. The second-order valence-corrected chi connectivity index (χ2v) is 6.11. The van der Waals surface area contributed by atoms with E-state index in [1.54, 1.807) is 0 Å². The van der Waals surface area contributed by atoms with Gasteiger partial charge in [0.15, 0.2) is 0 Å². The predicted molar refractivity (Wildman–Crippen MR) is 85.6 cm³/mol. The zero-order valence-corrected chi connectivity index (χ0v) is 12.8. The minimum atomic E-state index is 0.0915. The standard InChI is InChI=1S/C16H14INO/c1-11-10-13-4-2-3-5-15(13)18(11)16(19)12-6-8-14(17)9-7-12/h2-9,11H,10H2,1H3. The lowest BCUT2D eigenvalue weighted by molar-refractivity contribution is 0.0981. The van der Waals surface area contributed by atoms with Crippen LogP contribution in [0.1, 0.15) is 22.8 Å². The summed E-state index contributed by atoms with van der Waals surface area (Å²) in [6, 6.07) is 16.1. The van der Waals surface area contributed by atoms with Crippen LogP contribution in [0.25, 0.3) is 0 Å². The van der Waals surface area contributed by atoms with E-state index < -0.39 is 0 Å². The van der Waals surface area contributed by atoms with E-state index >= 15 is 0 Å². The molecule has 1 heterocycles. The molecule has 3 heteroatoms. The average Bonchev–Trinajstić information content (AvgIpc) is 2.74. The molecule has 0 radical (unpaired) electrons. The summed E-state index contributed by atoms with van der Waals surface area (Å²) in [5.41, 5.74) is 3.07. The Balaban J connectivity index is 1.98. The van der Waals surface area contributed by atoms with Gasteiger partial charge in [-0.3, -0.25) is 4.79 Å². The molecule has 1 unspecified atom stereocenters. The van der Waals surface area contributed by atoms with Crippen molar-refractivity contribution in [3.05, 3.63) is 63.2 Å². The topological polar surface area (TPSA) is 20.3 Å². The molecule has 0 saturated carbocycles. The fraction of sp³-hybridized carbons (Fsp3) is 0.188. The zero-order valence-electron chi connectivity index (χ0n) is 10.6. The van der Waals surface area contributed by atoms with Crippen LogP contribution in [0.4, 0.5) is 5.69 Å². The lowest BCUT2D eigenvalue weighted by Crippen LogP contribution is -2.35. The van der Waals surface area contributed by atoms with E-state index in [0.717, 1.165) is 21.2 Å². The highest BCUT2D eigenvalue weighted by Gasteiger charge is 2.30. The van der Waals surface area contributed by atoms with E-state index in [2.05, 4.69) is 35.6 Å². The third-order valence-corrected chi connectivity index (χ3v) is 4.24. The quantitative estimate of drug-likeness (QED) is 0.705. The van der Waals surface area contributed by atoms with Crippen LogP contribution in [-0.2, 0) is 6.42 Å². The van der Waals surface area contributed by atoms with Crippen molar-refractivity contribution in [2.45, 2.75) is 19.4 Å². The number of carbonyl (C=O) groups excluding carboxylic acids is 1. The van der Waals surface area contributed by atoms with E-state index in [-0.39, 0.29) is 11.9 Å². The monoisotopic (exact) mass is 363 g/mol. The number of carbonyl (C=O) groups is 1. The molecule has 19 heavy (non-hydrogen) atoms. The first-order valence-corrected chi connectivity index (χ1v) is 7.42. The normalized spacial score (nSPS) is 17.4. The summed E-state index contributed by atoms with van der Waals surface area (Å²) in [4.78, 5) is 14.6. The number of fused-ring (bicyclic) bond motifs is 1. The van der Waals surface area contributed by atoms with Crippen molar-refractivity contribution in [1.29, 1.82) is 0 Å². The first kappa shape index (κ1) is 12.7. The fourth-order valence-corrected chi connectivity index (χ4v) is 2.97. The molecular weight excluding hydrogens is 349 g/mol. The molecule has 0 saturated heterocycles. The predicted octanol–water partition coefficient (Wildman–Crippen LogP) is 3.88. The van der Waals surface area contributed by atoms with Gasteiger partial charge in [0.05, 0.1) is 0 Å². The smallest absolute Gasteiger partial charge is 0.258 e. The maximum Gasteiger partial charge on any atom is 0.258 e.